The van der Waals surface area contributed by atoms with E-state index in [-0.39, 0.29) is 0 Å². The monoisotopic (exact) mass is 252 g/mol. The highest BCUT2D eigenvalue weighted by atomic mass is 16.1. The smallest absolute Gasteiger partial charge is 0.136 e. The zero-order valence-electron chi connectivity index (χ0n) is 12.0. The van der Waals surface area contributed by atoms with Gasteiger partial charge in [0.05, 0.1) is 0 Å². The molecule has 1 saturated heterocycles. The van der Waals surface area contributed by atoms with E-state index in [9.17, 15) is 4.79 Å². The lowest BCUT2D eigenvalue weighted by Crippen LogP contribution is -2.39. The van der Waals surface area contributed by atoms with Crippen molar-refractivity contribution < 1.29 is 4.79 Å². The molecule has 1 aliphatic carbocycles. The maximum atomic E-state index is 11.6. The average molecular weight is 252 g/mol. The molecule has 0 amide bonds. The normalized spacial score (nSPS) is 29.6. The summed E-state index contributed by atoms with van der Waals surface area (Å²) in [4.78, 5) is 16.6. The molecule has 0 aromatic rings. The molecular formula is C15H28N2O. The molecule has 1 heterocycles. The van der Waals surface area contributed by atoms with Crippen LogP contribution in [0.4, 0.5) is 0 Å². The summed E-state index contributed by atoms with van der Waals surface area (Å²) in [7, 11) is 2.21. The maximum absolute atomic E-state index is 11.6. The van der Waals surface area contributed by atoms with Gasteiger partial charge in [-0.05, 0) is 58.8 Å². The van der Waals surface area contributed by atoms with Gasteiger partial charge in [-0.25, -0.2) is 0 Å². The minimum absolute atomic E-state index is 0.373. The number of likely N-dealkylation sites (tertiary alicyclic amines) is 1. The van der Waals surface area contributed by atoms with Gasteiger partial charge in [0, 0.05) is 24.9 Å². The Labute approximate surface area is 112 Å². The fraction of sp³-hybridized carbons (Fsp3) is 0.933. The predicted octanol–water partition coefficient (Wildman–Crippen LogP) is 2.16. The molecule has 0 aromatic carbocycles. The second-order valence-corrected chi connectivity index (χ2v) is 6.03. The van der Waals surface area contributed by atoms with Crippen LogP contribution in [0.2, 0.25) is 0 Å². The van der Waals surface area contributed by atoms with E-state index >= 15 is 0 Å². The highest BCUT2D eigenvalue weighted by Crippen LogP contribution is 2.24. The summed E-state index contributed by atoms with van der Waals surface area (Å²) in [6.45, 7) is 6.98. The molecular weight excluding hydrogens is 224 g/mol. The van der Waals surface area contributed by atoms with Crippen LogP contribution in [-0.4, -0.2) is 54.9 Å². The molecule has 0 aromatic heterocycles. The van der Waals surface area contributed by atoms with Gasteiger partial charge >= 0.3 is 0 Å². The third-order valence-corrected chi connectivity index (χ3v) is 4.72. The minimum atomic E-state index is 0.373. The van der Waals surface area contributed by atoms with Crippen molar-refractivity contribution in [3.05, 3.63) is 0 Å². The molecule has 0 N–H and O–H groups in total. The van der Waals surface area contributed by atoms with Crippen molar-refractivity contribution in [1.82, 2.24) is 9.80 Å². The summed E-state index contributed by atoms with van der Waals surface area (Å²) in [6, 6.07) is 0.749. The zero-order chi connectivity index (χ0) is 13.0. The van der Waals surface area contributed by atoms with Gasteiger partial charge in [0.1, 0.15) is 5.78 Å². The fourth-order valence-corrected chi connectivity index (χ4v) is 3.54. The van der Waals surface area contributed by atoms with Crippen LogP contribution in [0.5, 0.6) is 0 Å². The van der Waals surface area contributed by atoms with E-state index in [4.69, 9.17) is 0 Å². The van der Waals surface area contributed by atoms with E-state index in [2.05, 4.69) is 23.8 Å². The Morgan fingerprint density at radius 3 is 2.83 bits per heavy atom. The van der Waals surface area contributed by atoms with E-state index in [0.717, 1.165) is 38.3 Å². The van der Waals surface area contributed by atoms with Crippen LogP contribution in [-0.2, 0) is 4.79 Å². The van der Waals surface area contributed by atoms with Gasteiger partial charge in [-0.15, -0.1) is 0 Å². The van der Waals surface area contributed by atoms with Crippen LogP contribution in [0.25, 0.3) is 0 Å². The predicted molar refractivity (Wildman–Crippen MR) is 74.7 cm³/mol. The first kappa shape index (κ1) is 14.0. The van der Waals surface area contributed by atoms with Crippen LogP contribution in [0.15, 0.2) is 0 Å². The molecule has 3 nitrogen and oxygen atoms in total. The molecule has 2 unspecified atom stereocenters. The second-order valence-electron chi connectivity index (χ2n) is 6.03. The maximum Gasteiger partial charge on any atom is 0.136 e. The molecule has 2 fully saturated rings. The standard InChI is InChI=1S/C15H28N2O/c1-3-17-10-5-7-14(17)12-16(2)11-9-13-6-4-8-15(13)18/h13-14H,3-12H2,1-2H3. The summed E-state index contributed by atoms with van der Waals surface area (Å²) in [5.41, 5.74) is 0. The van der Waals surface area contributed by atoms with Gasteiger partial charge in [0.25, 0.3) is 0 Å². The van der Waals surface area contributed by atoms with Crippen LogP contribution in [0.3, 0.4) is 0 Å². The Bertz CT molecular complexity index is 280. The lowest BCUT2D eigenvalue weighted by atomic mass is 10.0. The molecule has 2 aliphatic rings. The Kier molecular flexibility index (Phi) is 5.19. The lowest BCUT2D eigenvalue weighted by Gasteiger charge is -2.28. The van der Waals surface area contributed by atoms with Crippen molar-refractivity contribution in [2.75, 3.05) is 33.2 Å². The van der Waals surface area contributed by atoms with E-state index < -0.39 is 0 Å². The summed E-state index contributed by atoms with van der Waals surface area (Å²) in [5, 5.41) is 0. The quantitative estimate of drug-likeness (QED) is 0.724. The van der Waals surface area contributed by atoms with Gasteiger partial charge in [-0.1, -0.05) is 6.92 Å². The van der Waals surface area contributed by atoms with Gasteiger partial charge < -0.3 is 4.90 Å². The highest BCUT2D eigenvalue weighted by Gasteiger charge is 2.26. The van der Waals surface area contributed by atoms with Gasteiger partial charge in [-0.2, -0.15) is 0 Å². The average Bonchev–Trinajstić information content (AvgIpc) is 2.95. The fourth-order valence-electron chi connectivity index (χ4n) is 3.54. The summed E-state index contributed by atoms with van der Waals surface area (Å²) in [6.07, 6.45) is 6.87. The van der Waals surface area contributed by atoms with Crippen molar-refractivity contribution in [2.45, 2.75) is 51.5 Å². The van der Waals surface area contributed by atoms with Gasteiger partial charge in [0.15, 0.2) is 0 Å². The number of Topliss-reactive ketones (excluding diaryl/α,β-unsaturated/α-hetero) is 1. The highest BCUT2D eigenvalue weighted by molar-refractivity contribution is 5.82. The molecule has 3 heteroatoms. The molecule has 18 heavy (non-hydrogen) atoms. The topological polar surface area (TPSA) is 23.6 Å². The molecule has 2 rings (SSSR count). The summed E-state index contributed by atoms with van der Waals surface area (Å²) < 4.78 is 0. The first-order chi connectivity index (χ1) is 8.70. The second kappa shape index (κ2) is 6.67. The number of ketones is 1. The van der Waals surface area contributed by atoms with E-state index in [0.29, 0.717) is 11.7 Å². The van der Waals surface area contributed by atoms with Crippen molar-refractivity contribution >= 4 is 5.78 Å². The molecule has 0 spiro atoms. The zero-order valence-corrected chi connectivity index (χ0v) is 12.0. The van der Waals surface area contributed by atoms with Crippen molar-refractivity contribution in [1.29, 1.82) is 0 Å². The Morgan fingerprint density at radius 1 is 1.33 bits per heavy atom. The number of hydrogen-bond donors (Lipinski definition) is 0. The number of carbonyl (C=O) groups excluding carboxylic acids is 1. The first-order valence-corrected chi connectivity index (χ1v) is 7.66. The molecule has 1 aliphatic heterocycles. The molecule has 0 bridgehead atoms. The molecule has 1 saturated carbocycles. The van der Waals surface area contributed by atoms with Crippen molar-refractivity contribution in [3.63, 3.8) is 0 Å². The number of likely N-dealkylation sites (N-methyl/N-ethyl adjacent to an activating group) is 2. The molecule has 0 radical (unpaired) electrons. The number of rotatable bonds is 6. The summed E-state index contributed by atoms with van der Waals surface area (Å²) >= 11 is 0. The van der Waals surface area contributed by atoms with Crippen LogP contribution in [0.1, 0.15) is 45.4 Å². The van der Waals surface area contributed by atoms with Crippen molar-refractivity contribution in [2.24, 2.45) is 5.92 Å². The van der Waals surface area contributed by atoms with E-state index in [1.165, 1.54) is 32.5 Å². The van der Waals surface area contributed by atoms with Crippen LogP contribution >= 0.6 is 0 Å². The minimum Gasteiger partial charge on any atom is -0.305 e. The molecule has 104 valence electrons. The molecule has 2 atom stereocenters. The van der Waals surface area contributed by atoms with E-state index in [1.54, 1.807) is 0 Å². The van der Waals surface area contributed by atoms with Crippen molar-refractivity contribution in [3.8, 4) is 0 Å². The van der Waals surface area contributed by atoms with Gasteiger partial charge in [-0.3, -0.25) is 9.69 Å². The number of carbonyl (C=O) groups is 1. The third kappa shape index (κ3) is 3.55. The first-order valence-electron chi connectivity index (χ1n) is 7.66. The van der Waals surface area contributed by atoms with Crippen LogP contribution < -0.4 is 0 Å². The van der Waals surface area contributed by atoms with E-state index in [1.807, 2.05) is 0 Å². The Balaban J connectivity index is 1.68. The lowest BCUT2D eigenvalue weighted by molar-refractivity contribution is -0.120. The Hall–Kier alpha value is -0.410. The van der Waals surface area contributed by atoms with Gasteiger partial charge in [0.2, 0.25) is 0 Å². The summed E-state index contributed by atoms with van der Waals surface area (Å²) in [5.74, 6) is 0.887. The Morgan fingerprint density at radius 2 is 2.17 bits per heavy atom. The van der Waals surface area contributed by atoms with Crippen LogP contribution in [0, 0.1) is 5.92 Å². The number of hydrogen-bond acceptors (Lipinski definition) is 3. The number of nitrogens with zero attached hydrogens (tertiary/aromatic N) is 2. The third-order valence-electron chi connectivity index (χ3n) is 4.72. The largest absolute Gasteiger partial charge is 0.305 e. The SMILES string of the molecule is CCN1CCCC1CN(C)CCC1CCCC1=O.